The van der Waals surface area contributed by atoms with Crippen molar-refractivity contribution in [2.75, 3.05) is 13.1 Å². The summed E-state index contributed by atoms with van der Waals surface area (Å²) < 4.78 is 0. The van der Waals surface area contributed by atoms with Gasteiger partial charge in [-0.2, -0.15) is 0 Å². The molecule has 0 radical (unpaired) electrons. The van der Waals surface area contributed by atoms with E-state index >= 15 is 0 Å². The molecule has 0 atom stereocenters. The summed E-state index contributed by atoms with van der Waals surface area (Å²) >= 11 is 0. The minimum atomic E-state index is -0.196. The first-order valence-electron chi connectivity index (χ1n) is 5.52. The van der Waals surface area contributed by atoms with Crippen LogP contribution in [0.25, 0.3) is 0 Å². The maximum atomic E-state index is 12.1. The minimum Gasteiger partial charge on any atom is -0.342 e. The normalized spacial score (nSPS) is 17.9. The van der Waals surface area contributed by atoms with Gasteiger partial charge in [-0.1, -0.05) is 34.6 Å². The van der Waals surface area contributed by atoms with Gasteiger partial charge in [0.1, 0.15) is 0 Å². The molecule has 1 aliphatic heterocycles. The lowest BCUT2D eigenvalue weighted by Gasteiger charge is -2.40. The smallest absolute Gasteiger partial charge is 0.228 e. The summed E-state index contributed by atoms with van der Waals surface area (Å²) in [6.45, 7) is 12.6. The highest BCUT2D eigenvalue weighted by molar-refractivity contribution is 5.82. The lowest BCUT2D eigenvalue weighted by molar-refractivity contribution is -0.145. The lowest BCUT2D eigenvalue weighted by Crippen LogP contribution is -2.49. The van der Waals surface area contributed by atoms with Crippen molar-refractivity contribution in [1.82, 2.24) is 4.90 Å². The van der Waals surface area contributed by atoms with Crippen molar-refractivity contribution in [1.29, 1.82) is 0 Å². The number of hydrogen-bond donors (Lipinski definition) is 0. The Balaban J connectivity index is 2.59. The third kappa shape index (κ3) is 2.73. The quantitative estimate of drug-likeness (QED) is 0.666. The van der Waals surface area contributed by atoms with Crippen LogP contribution >= 0.6 is 0 Å². The molecule has 1 aliphatic rings. The highest BCUT2D eigenvalue weighted by Crippen LogP contribution is 2.35. The summed E-state index contributed by atoms with van der Waals surface area (Å²) in [5.41, 5.74) is 0.0305. The van der Waals surface area contributed by atoms with Crippen molar-refractivity contribution in [2.45, 2.75) is 47.5 Å². The number of rotatable bonds is 2. The summed E-state index contributed by atoms with van der Waals surface area (Å²) in [5, 5.41) is 0. The SMILES string of the molecule is CC(C)(C)CC(C)(C)C(=O)N1CCC1. The fraction of sp³-hybridized carbons (Fsp3) is 0.917. The fourth-order valence-electron chi connectivity index (χ4n) is 2.35. The largest absolute Gasteiger partial charge is 0.342 e. The van der Waals surface area contributed by atoms with Crippen molar-refractivity contribution in [3.05, 3.63) is 0 Å². The number of hydrogen-bond acceptors (Lipinski definition) is 1. The van der Waals surface area contributed by atoms with E-state index in [0.29, 0.717) is 5.91 Å². The zero-order chi connectivity index (χ0) is 11.0. The monoisotopic (exact) mass is 197 g/mol. The molecule has 0 aromatic rings. The molecule has 1 amide bonds. The molecule has 14 heavy (non-hydrogen) atoms. The van der Waals surface area contributed by atoms with Gasteiger partial charge < -0.3 is 4.90 Å². The van der Waals surface area contributed by atoms with Gasteiger partial charge in [-0.25, -0.2) is 0 Å². The molecule has 1 heterocycles. The van der Waals surface area contributed by atoms with Gasteiger partial charge in [-0.3, -0.25) is 4.79 Å². The van der Waals surface area contributed by atoms with Crippen molar-refractivity contribution in [3.63, 3.8) is 0 Å². The van der Waals surface area contributed by atoms with E-state index in [0.717, 1.165) is 19.5 Å². The van der Waals surface area contributed by atoms with Crippen LogP contribution in [0.5, 0.6) is 0 Å². The van der Waals surface area contributed by atoms with Crippen molar-refractivity contribution >= 4 is 5.91 Å². The average Bonchev–Trinajstić information content (AvgIpc) is 1.76. The van der Waals surface area contributed by atoms with E-state index < -0.39 is 0 Å². The Kier molecular flexibility index (Phi) is 2.93. The van der Waals surface area contributed by atoms with E-state index in [1.54, 1.807) is 0 Å². The second-order valence-corrected chi connectivity index (χ2v) is 6.27. The van der Waals surface area contributed by atoms with Gasteiger partial charge in [0.15, 0.2) is 0 Å². The third-order valence-electron chi connectivity index (χ3n) is 2.69. The van der Waals surface area contributed by atoms with Crippen LogP contribution in [0.4, 0.5) is 0 Å². The summed E-state index contributed by atoms with van der Waals surface area (Å²) in [4.78, 5) is 14.0. The van der Waals surface area contributed by atoms with Crippen LogP contribution in [-0.2, 0) is 4.79 Å². The van der Waals surface area contributed by atoms with Gasteiger partial charge in [0.25, 0.3) is 0 Å². The van der Waals surface area contributed by atoms with Crippen LogP contribution in [0.3, 0.4) is 0 Å². The minimum absolute atomic E-state index is 0.196. The van der Waals surface area contributed by atoms with Crippen LogP contribution in [0.2, 0.25) is 0 Å². The molecule has 0 spiro atoms. The molecular weight excluding hydrogens is 174 g/mol. The van der Waals surface area contributed by atoms with Crippen molar-refractivity contribution in [3.8, 4) is 0 Å². The van der Waals surface area contributed by atoms with Crippen molar-refractivity contribution < 1.29 is 4.79 Å². The van der Waals surface area contributed by atoms with Crippen LogP contribution in [-0.4, -0.2) is 23.9 Å². The molecule has 0 bridgehead atoms. The topological polar surface area (TPSA) is 20.3 Å². The molecule has 1 saturated heterocycles. The standard InChI is InChI=1S/C12H23NO/c1-11(2,3)9-12(4,5)10(14)13-7-6-8-13/h6-9H2,1-5H3. The number of likely N-dealkylation sites (tertiary alicyclic amines) is 1. The van der Waals surface area contributed by atoms with Gasteiger partial charge in [0, 0.05) is 18.5 Å². The molecule has 0 aromatic heterocycles. The maximum absolute atomic E-state index is 12.1. The maximum Gasteiger partial charge on any atom is 0.228 e. The molecule has 1 rings (SSSR count). The van der Waals surface area contributed by atoms with Gasteiger partial charge in [0.05, 0.1) is 0 Å². The van der Waals surface area contributed by atoms with E-state index in [1.165, 1.54) is 6.42 Å². The van der Waals surface area contributed by atoms with Crippen LogP contribution in [0, 0.1) is 10.8 Å². The lowest BCUT2D eigenvalue weighted by atomic mass is 9.75. The van der Waals surface area contributed by atoms with E-state index in [9.17, 15) is 4.79 Å². The summed E-state index contributed by atoms with van der Waals surface area (Å²) in [6.07, 6.45) is 2.13. The van der Waals surface area contributed by atoms with Crippen molar-refractivity contribution in [2.24, 2.45) is 10.8 Å². The molecule has 0 aromatic carbocycles. The first-order chi connectivity index (χ1) is 6.22. The molecule has 82 valence electrons. The fourth-order valence-corrected chi connectivity index (χ4v) is 2.35. The van der Waals surface area contributed by atoms with E-state index in [2.05, 4.69) is 34.6 Å². The average molecular weight is 197 g/mol. The Morgan fingerprint density at radius 2 is 1.64 bits per heavy atom. The number of nitrogens with zero attached hydrogens (tertiary/aromatic N) is 1. The van der Waals surface area contributed by atoms with Gasteiger partial charge in [-0.05, 0) is 18.3 Å². The van der Waals surface area contributed by atoms with E-state index in [-0.39, 0.29) is 10.8 Å². The Bertz CT molecular complexity index is 221. The molecule has 0 N–H and O–H groups in total. The molecule has 0 aliphatic carbocycles. The summed E-state index contributed by atoms with van der Waals surface area (Å²) in [6, 6.07) is 0. The zero-order valence-electron chi connectivity index (χ0n) is 10.2. The molecule has 0 saturated carbocycles. The Labute approximate surface area is 87.7 Å². The Hall–Kier alpha value is -0.530. The van der Waals surface area contributed by atoms with Crippen LogP contribution < -0.4 is 0 Å². The summed E-state index contributed by atoms with van der Waals surface area (Å²) in [5.74, 6) is 0.332. The molecule has 2 nitrogen and oxygen atoms in total. The molecular formula is C12H23NO. The van der Waals surface area contributed by atoms with E-state index in [1.807, 2.05) is 4.90 Å². The second-order valence-electron chi connectivity index (χ2n) is 6.27. The second kappa shape index (κ2) is 3.56. The van der Waals surface area contributed by atoms with Gasteiger partial charge in [-0.15, -0.1) is 0 Å². The van der Waals surface area contributed by atoms with Crippen LogP contribution in [0.1, 0.15) is 47.5 Å². The zero-order valence-corrected chi connectivity index (χ0v) is 10.2. The predicted octanol–water partition coefficient (Wildman–Crippen LogP) is 2.68. The van der Waals surface area contributed by atoms with E-state index in [4.69, 9.17) is 0 Å². The molecule has 2 heteroatoms. The Morgan fingerprint density at radius 1 is 1.14 bits per heavy atom. The molecule has 0 unspecified atom stereocenters. The first kappa shape index (κ1) is 11.5. The Morgan fingerprint density at radius 3 is 1.93 bits per heavy atom. The first-order valence-corrected chi connectivity index (χ1v) is 5.52. The summed E-state index contributed by atoms with van der Waals surface area (Å²) in [7, 11) is 0. The number of carbonyl (C=O) groups excluding carboxylic acids is 1. The van der Waals surface area contributed by atoms with Gasteiger partial charge >= 0.3 is 0 Å². The van der Waals surface area contributed by atoms with Gasteiger partial charge in [0.2, 0.25) is 5.91 Å². The number of carbonyl (C=O) groups is 1. The predicted molar refractivity (Wildman–Crippen MR) is 59.1 cm³/mol. The molecule has 1 fully saturated rings. The number of amides is 1. The highest BCUT2D eigenvalue weighted by atomic mass is 16.2. The third-order valence-corrected chi connectivity index (χ3v) is 2.69. The highest BCUT2D eigenvalue weighted by Gasteiger charge is 2.37. The van der Waals surface area contributed by atoms with Crippen LogP contribution in [0.15, 0.2) is 0 Å².